The molecule has 72 heavy (non-hydrogen) atoms. The van der Waals surface area contributed by atoms with E-state index in [0.717, 1.165) is 33.4 Å². The first-order valence-corrected chi connectivity index (χ1v) is 22.5. The Morgan fingerprint density at radius 1 is 0.542 bits per heavy atom. The maximum Gasteiger partial charge on any atom is 0.323 e. The first kappa shape index (κ1) is 53.1. The van der Waals surface area contributed by atoms with Crippen molar-refractivity contribution in [3.05, 3.63) is 162 Å². The van der Waals surface area contributed by atoms with Crippen LogP contribution in [0.25, 0.3) is 11.1 Å². The fourth-order valence-corrected chi connectivity index (χ4v) is 7.74. The summed E-state index contributed by atoms with van der Waals surface area (Å²) in [5.41, 5.74) is 7.86. The minimum atomic E-state index is -1.29. The molecule has 2 atom stereocenters. The van der Waals surface area contributed by atoms with E-state index >= 15 is 0 Å². The van der Waals surface area contributed by atoms with E-state index in [1.165, 1.54) is 24.3 Å². The van der Waals surface area contributed by atoms with Gasteiger partial charge < -0.3 is 39.4 Å². The number of aliphatic hydroxyl groups excluding tert-OH is 2. The van der Waals surface area contributed by atoms with Crippen molar-refractivity contribution in [3.8, 4) is 58.9 Å². The number of halogens is 2. The number of aliphatic carboxylic acids is 2. The molecule has 0 radical (unpaired) electrons. The first-order chi connectivity index (χ1) is 34.7. The van der Waals surface area contributed by atoms with Gasteiger partial charge in [-0.2, -0.15) is 31.0 Å². The van der Waals surface area contributed by atoms with Crippen molar-refractivity contribution in [1.29, 1.82) is 21.0 Å². The highest BCUT2D eigenvalue weighted by molar-refractivity contribution is 6.32. The van der Waals surface area contributed by atoms with Crippen molar-refractivity contribution < 1.29 is 49.0 Å². The lowest BCUT2D eigenvalue weighted by atomic mass is 9.92. The number of aliphatic hydroxyl groups is 2. The van der Waals surface area contributed by atoms with Crippen molar-refractivity contribution in [1.82, 2.24) is 20.6 Å². The largest absolute Gasteiger partial charge is 0.480 e. The Morgan fingerprint density at radius 2 is 0.889 bits per heavy atom. The summed E-state index contributed by atoms with van der Waals surface area (Å²) in [6, 6.07) is 29.1. The maximum atomic E-state index is 11.6. The first-order valence-electron chi connectivity index (χ1n) is 21.8. The third-order valence-corrected chi connectivity index (χ3v) is 11.7. The number of rotatable bonds is 23. The molecule has 0 aliphatic heterocycles. The number of carboxylic acids is 2. The van der Waals surface area contributed by atoms with E-state index in [4.69, 9.17) is 42.1 Å². The van der Waals surface area contributed by atoms with Crippen LogP contribution in [0, 0.1) is 59.2 Å². The number of nitriles is 4. The van der Waals surface area contributed by atoms with Gasteiger partial charge in [0.1, 0.15) is 48.6 Å². The highest BCUT2D eigenvalue weighted by atomic mass is 35.5. The summed E-state index contributed by atoms with van der Waals surface area (Å²) in [7, 11) is 0. The number of nitrogens with one attached hydrogen (secondary N) is 2. The molecule has 2 aromatic heterocycles. The summed E-state index contributed by atoms with van der Waals surface area (Å²) in [6.07, 6.45) is 0. The van der Waals surface area contributed by atoms with Gasteiger partial charge >= 0.3 is 11.9 Å². The molecule has 6 aromatic rings. The maximum absolute atomic E-state index is 11.6. The lowest BCUT2D eigenvalue weighted by molar-refractivity contribution is -0.141. The summed E-state index contributed by atoms with van der Waals surface area (Å²) in [4.78, 5) is 32.3. The van der Waals surface area contributed by atoms with Crippen LogP contribution in [-0.2, 0) is 49.1 Å². The molecule has 366 valence electrons. The monoisotopic (exact) mass is 1010 g/mol. The highest BCUT2D eigenvalue weighted by Gasteiger charge is 2.22. The smallest absolute Gasteiger partial charge is 0.323 e. The zero-order chi connectivity index (χ0) is 51.9. The van der Waals surface area contributed by atoms with Crippen LogP contribution in [0.2, 0.25) is 10.0 Å². The van der Waals surface area contributed by atoms with Gasteiger partial charge in [-0.3, -0.25) is 20.2 Å². The van der Waals surface area contributed by atoms with E-state index in [9.17, 15) is 51.1 Å². The van der Waals surface area contributed by atoms with Gasteiger partial charge in [-0.15, -0.1) is 0 Å². The summed E-state index contributed by atoms with van der Waals surface area (Å²) in [6.45, 7) is 2.12. The van der Waals surface area contributed by atoms with Crippen LogP contribution >= 0.6 is 23.2 Å². The molecule has 6 N–H and O–H groups in total. The van der Waals surface area contributed by atoms with E-state index in [0.29, 0.717) is 22.3 Å². The van der Waals surface area contributed by atoms with Crippen LogP contribution in [0.3, 0.4) is 0 Å². The number of hydrogen-bond acceptors (Lipinski definition) is 16. The minimum Gasteiger partial charge on any atom is -0.480 e. The number of ether oxygens (including phenoxy) is 4. The predicted molar refractivity (Wildman–Crippen MR) is 260 cm³/mol. The average molecular weight is 1010 g/mol. The van der Waals surface area contributed by atoms with Crippen molar-refractivity contribution >= 4 is 35.1 Å². The molecular weight excluding hydrogens is 968 g/mol. The number of pyridine rings is 2. The molecule has 6 rings (SSSR count). The van der Waals surface area contributed by atoms with Crippen molar-refractivity contribution in [2.75, 3.05) is 13.2 Å². The van der Waals surface area contributed by atoms with E-state index < -0.39 is 37.2 Å². The zero-order valence-electron chi connectivity index (χ0n) is 38.6. The van der Waals surface area contributed by atoms with Gasteiger partial charge in [-0.05, 0) is 107 Å². The summed E-state index contributed by atoms with van der Waals surface area (Å²) in [5.74, 6) is -2.46. The fourth-order valence-electron chi connectivity index (χ4n) is 7.29. The van der Waals surface area contributed by atoms with Crippen LogP contribution < -0.4 is 29.6 Å². The third-order valence-electron chi connectivity index (χ3n) is 11.2. The van der Waals surface area contributed by atoms with Gasteiger partial charge in [0.25, 0.3) is 0 Å². The van der Waals surface area contributed by atoms with Crippen LogP contribution in [0.1, 0.15) is 66.8 Å². The normalized spacial score (nSPS) is 11.5. The van der Waals surface area contributed by atoms with Gasteiger partial charge in [0.2, 0.25) is 23.5 Å². The summed E-state index contributed by atoms with van der Waals surface area (Å²) in [5, 5.41) is 81.7. The molecule has 0 saturated heterocycles. The van der Waals surface area contributed by atoms with Crippen LogP contribution in [0.15, 0.2) is 84.9 Å². The Morgan fingerprint density at radius 3 is 1.21 bits per heavy atom. The molecular formula is C52H44Cl2N8O10. The second-order valence-electron chi connectivity index (χ2n) is 16.0. The lowest BCUT2D eigenvalue weighted by Crippen LogP contribution is -2.39. The molecule has 0 aliphatic rings. The molecule has 0 bridgehead atoms. The Kier molecular flexibility index (Phi) is 18.4. The molecule has 18 nitrogen and oxygen atoms in total. The Hall–Kier alpha value is -8.30. The number of carbonyl (C=O) groups is 2. The van der Waals surface area contributed by atoms with E-state index in [-0.39, 0.29) is 95.3 Å². The standard InChI is InChI=1S/C52H44Cl2N8O10/c1-29-37(27-71-49-43(53)15-39(21-59-45(23-63)51(65)66)47(61-49)69-25-35-11-31(17-55)9-32(12-35)18-56)5-3-7-41(29)42-8-4-6-38(30(42)2)28-72-50-44(54)16-40(22-60-46(24-64)52(67)68)48(62-50)70-26-36-13-33(19-57)10-34(14-36)20-58/h3-16,45-46,59-60,63-64H,21-28H2,1-2H3,(H,65,66)(H,67,68)/t45-,46-/m0/s1. The van der Waals surface area contributed by atoms with Crippen molar-refractivity contribution in [2.24, 2.45) is 0 Å². The quantitative estimate of drug-likeness (QED) is 0.0379. The molecule has 0 fully saturated rings. The van der Waals surface area contributed by atoms with Gasteiger partial charge in [-0.25, -0.2) is 0 Å². The summed E-state index contributed by atoms with van der Waals surface area (Å²) < 4.78 is 24.5. The third kappa shape index (κ3) is 13.5. The van der Waals surface area contributed by atoms with Gasteiger partial charge in [0.05, 0.1) is 59.7 Å². The molecule has 0 amide bonds. The summed E-state index contributed by atoms with van der Waals surface area (Å²) >= 11 is 13.4. The Labute approximate surface area is 423 Å². The second kappa shape index (κ2) is 25.0. The molecule has 20 heteroatoms. The van der Waals surface area contributed by atoms with E-state index in [1.54, 1.807) is 24.3 Å². The number of hydrogen-bond donors (Lipinski definition) is 6. The lowest BCUT2D eigenvalue weighted by Gasteiger charge is -2.19. The molecule has 0 saturated carbocycles. The van der Waals surface area contributed by atoms with Crippen molar-refractivity contribution in [3.63, 3.8) is 0 Å². The Bertz CT molecular complexity index is 2910. The topological polar surface area (TPSA) is 297 Å². The van der Waals surface area contributed by atoms with Crippen LogP contribution in [0.4, 0.5) is 0 Å². The van der Waals surface area contributed by atoms with Gasteiger partial charge in [-0.1, -0.05) is 59.6 Å². The molecule has 4 aromatic carbocycles. The number of aromatic nitrogens is 2. The van der Waals surface area contributed by atoms with Gasteiger partial charge in [0, 0.05) is 24.2 Å². The number of benzene rings is 4. The number of carboxylic acid groups (broad SMARTS) is 2. The second-order valence-corrected chi connectivity index (χ2v) is 16.8. The van der Waals surface area contributed by atoms with Gasteiger partial charge in [0.15, 0.2) is 0 Å². The van der Waals surface area contributed by atoms with E-state index in [2.05, 4.69) is 20.6 Å². The molecule has 2 heterocycles. The molecule has 0 aliphatic carbocycles. The van der Waals surface area contributed by atoms with Crippen LogP contribution in [0.5, 0.6) is 23.5 Å². The fraction of sp³-hybridized carbons (Fsp3) is 0.231. The predicted octanol–water partition coefficient (Wildman–Crippen LogP) is 6.94. The van der Waals surface area contributed by atoms with Crippen LogP contribution in [-0.4, -0.2) is 67.6 Å². The average Bonchev–Trinajstić information content (AvgIpc) is 3.37. The SMILES string of the molecule is Cc1c(COc2nc(OCc3cc(C#N)cc(C#N)c3)c(CN[C@@H](CO)C(=O)O)cc2Cl)cccc1-c1cccc(COc2nc(OCc3cc(C#N)cc(C#N)c3)c(CN[C@@H](CO)C(=O)O)cc2Cl)c1C. The Balaban J connectivity index is 1.22. The van der Waals surface area contributed by atoms with E-state index in [1.807, 2.05) is 74.5 Å². The number of nitrogens with zero attached hydrogens (tertiary/aromatic N) is 6. The van der Waals surface area contributed by atoms with Crippen molar-refractivity contribution in [2.45, 2.75) is 65.4 Å². The highest BCUT2D eigenvalue weighted by Crippen LogP contribution is 2.35. The molecule has 0 spiro atoms. The minimum absolute atomic E-state index is 0.0112. The zero-order valence-corrected chi connectivity index (χ0v) is 40.1. The molecule has 0 unspecified atom stereocenters.